The fourth-order valence-electron chi connectivity index (χ4n) is 6.52. The van der Waals surface area contributed by atoms with Gasteiger partial charge >= 0.3 is 52.6 Å². The number of hydrogen-bond acceptors (Lipinski definition) is 6. The van der Waals surface area contributed by atoms with Crippen LogP contribution in [-0.4, -0.2) is 101 Å². The minimum atomic E-state index is -1.73. The predicted octanol–water partition coefficient (Wildman–Crippen LogP) is 7.58. The van der Waals surface area contributed by atoms with Crippen LogP contribution in [0.25, 0.3) is 0 Å². The Labute approximate surface area is 479 Å². The van der Waals surface area contributed by atoms with Crippen molar-refractivity contribution in [2.45, 2.75) is 50.7 Å². The normalized spacial score (nSPS) is 15.1. The number of nitrogens with zero attached hydrogens (tertiary/aromatic N) is 2. The standard InChI is InChI=1S/C20H24ClNO.C13H11ClO.C7H14ClN.C7H5ClO.C6H5.BrH.ClH.Mg.Na.H2O/c21-19-11-9-18(10-12-19)20(17-7-3-1-4-8-17)23-16-15-22-13-5-2-6-14-22;14-12-8-6-11(7-9-12)13(15)10-4-2-1-3-5-10;8-4-7-9-5-2-1-3-6-9;8-7-3-1-6(5-9)2-4-7;1-2-4-6-5-3-1;;;;;/h1,3-4,7-12,20H,2,5-6,13-16H2;1-9,13,15H;1-7H2;1-5H;1-5H;2*1H;;;1H2/q;;;;-1;;;+2;+1;/p-2/i20D;13D;;5D;;;;;;. The van der Waals surface area contributed by atoms with Crippen LogP contribution in [0.5, 0.6) is 0 Å². The number of likely N-dealkylation sites (tertiary alicyclic amines) is 2. The fourth-order valence-corrected chi connectivity index (χ4v) is 7.13. The van der Waals surface area contributed by atoms with Crippen LogP contribution < -0.4 is 46.5 Å². The minimum Gasteiger partial charge on any atom is -1.00 e. The van der Waals surface area contributed by atoms with E-state index in [4.69, 9.17) is 55.3 Å². The molecule has 2 fully saturated rings. The van der Waals surface area contributed by atoms with Gasteiger partial charge in [0.15, 0.2) is 0 Å². The van der Waals surface area contributed by atoms with Crippen molar-refractivity contribution in [3.05, 3.63) is 213 Å². The Hall–Kier alpha value is -1.51. The largest absolute Gasteiger partial charge is 2.00 e. The zero-order valence-electron chi connectivity index (χ0n) is 41.1. The minimum absolute atomic E-state index is 0. The molecular formula is C53H61BrCl5MgN2NaO4. The molecule has 2 unspecified atom stereocenters. The first-order valence-electron chi connectivity index (χ1n) is 22.6. The number of hydrogen-bond donors (Lipinski definition) is 1. The van der Waals surface area contributed by atoms with E-state index in [2.05, 4.69) is 15.9 Å². The first-order valence-corrected chi connectivity index (χ1v) is 22.8. The van der Waals surface area contributed by atoms with Crippen LogP contribution in [0.1, 0.15) is 87.4 Å². The first-order chi connectivity index (χ1) is 31.4. The number of carbonyl (C=O) groups is 1. The topological polar surface area (TPSA) is 83.0 Å². The molecule has 67 heavy (non-hydrogen) atoms. The Kier molecular flexibility index (Phi) is 38.8. The maximum absolute atomic E-state index is 10.4. The third-order valence-corrected chi connectivity index (χ3v) is 10.8. The smallest absolute Gasteiger partial charge is 1.00 e. The Morgan fingerprint density at radius 3 is 1.39 bits per heavy atom. The van der Waals surface area contributed by atoms with Crippen LogP contribution in [0, 0.1) is 6.07 Å². The second kappa shape index (κ2) is 42.2. The first kappa shape index (κ1) is 61.6. The van der Waals surface area contributed by atoms with Gasteiger partial charge in [0.05, 0.1) is 9.35 Å². The molecule has 2 atom stereocenters. The zero-order valence-corrected chi connectivity index (χ0v) is 46.9. The van der Waals surface area contributed by atoms with Gasteiger partial charge in [-0.25, -0.2) is 0 Å². The molecule has 0 spiro atoms. The summed E-state index contributed by atoms with van der Waals surface area (Å²) < 4.78 is 29.8. The Morgan fingerprint density at radius 1 is 0.612 bits per heavy atom. The summed E-state index contributed by atoms with van der Waals surface area (Å²) in [7, 11) is 0. The third-order valence-electron chi connectivity index (χ3n) is 9.83. The van der Waals surface area contributed by atoms with E-state index in [0.717, 1.165) is 43.2 Å². The number of benzene rings is 6. The summed E-state index contributed by atoms with van der Waals surface area (Å²) >= 11 is 22.9. The number of rotatable bonds is 11. The average Bonchev–Trinajstić information content (AvgIpc) is 3.35. The van der Waals surface area contributed by atoms with E-state index < -0.39 is 18.4 Å². The summed E-state index contributed by atoms with van der Waals surface area (Å²) in [5.74, 6) is 0.792. The van der Waals surface area contributed by atoms with Gasteiger partial charge in [-0.2, -0.15) is 36.4 Å². The van der Waals surface area contributed by atoms with Gasteiger partial charge in [0.1, 0.15) is 19.8 Å². The molecule has 2 heterocycles. The van der Waals surface area contributed by atoms with Gasteiger partial charge in [0.2, 0.25) is 0 Å². The summed E-state index contributed by atoms with van der Waals surface area (Å²) in [6.45, 7) is 7.32. The molecule has 8 rings (SSSR count). The number of aldehydes is 1. The van der Waals surface area contributed by atoms with Crippen molar-refractivity contribution < 1.29 is 70.8 Å². The number of aliphatic hydroxyl groups is 1. The van der Waals surface area contributed by atoms with Crippen molar-refractivity contribution in [1.82, 2.24) is 9.80 Å². The van der Waals surface area contributed by atoms with Gasteiger partial charge in [-0.3, -0.25) is 4.79 Å². The molecule has 0 aromatic heterocycles. The number of carbonyl (C=O) groups excluding carboxylic acids is 1. The van der Waals surface area contributed by atoms with E-state index in [1.54, 1.807) is 60.7 Å². The van der Waals surface area contributed by atoms with Crippen molar-refractivity contribution in [2.24, 2.45) is 0 Å². The Bertz CT molecular complexity index is 2160. The van der Waals surface area contributed by atoms with Crippen LogP contribution >= 0.6 is 58.8 Å². The third kappa shape index (κ3) is 28.8. The predicted molar refractivity (Wildman–Crippen MR) is 276 cm³/mol. The Morgan fingerprint density at radius 2 is 0.985 bits per heavy atom. The maximum atomic E-state index is 10.4. The van der Waals surface area contributed by atoms with E-state index in [1.165, 1.54) is 63.7 Å². The van der Waals surface area contributed by atoms with Crippen LogP contribution in [0.4, 0.5) is 0 Å². The summed E-state index contributed by atoms with van der Waals surface area (Å²) in [5.41, 5.74) is 3.05. The zero-order chi connectivity index (χ0) is 46.8. The fraction of sp³-hybridized carbons (Fsp3) is 0.302. The summed E-state index contributed by atoms with van der Waals surface area (Å²) in [5, 5.41) is 12.0. The molecule has 0 bridgehead atoms. The van der Waals surface area contributed by atoms with E-state index in [9.17, 15) is 9.90 Å². The molecule has 6 aromatic carbocycles. The molecule has 2 saturated heterocycles. The number of ether oxygens (including phenoxy) is 1. The number of piperidine rings is 2. The molecule has 14 heteroatoms. The molecule has 0 amide bonds. The van der Waals surface area contributed by atoms with Gasteiger partial charge in [0.25, 0.3) is 0 Å². The van der Waals surface area contributed by atoms with Gasteiger partial charge in [-0.1, -0.05) is 145 Å². The molecule has 352 valence electrons. The van der Waals surface area contributed by atoms with Crippen LogP contribution in [-0.2, 0) is 4.74 Å². The van der Waals surface area contributed by atoms with Crippen molar-refractivity contribution in [3.63, 3.8) is 0 Å². The van der Waals surface area contributed by atoms with E-state index in [-0.39, 0.29) is 87.5 Å². The molecular weight excluding hydrogens is 1030 g/mol. The van der Waals surface area contributed by atoms with Gasteiger partial charge in [0, 0.05) is 39.6 Å². The van der Waals surface area contributed by atoms with E-state index in [0.29, 0.717) is 38.4 Å². The Balaban J connectivity index is 0. The van der Waals surface area contributed by atoms with Crippen molar-refractivity contribution in [1.29, 1.82) is 0 Å². The molecule has 6 aromatic rings. The molecule has 0 radical (unpaired) electrons. The van der Waals surface area contributed by atoms with E-state index >= 15 is 0 Å². The SMILES string of the molecule is Cl.ClCCN1CCCCC1.[2H]C(=O)c1ccc(Cl)cc1.[2H]C(O)(c1ccccc1)c1ccc(Cl)cc1.[2H]C(OCCN1CCCCC1)(c1ccccc1)c1ccc(Cl)cc1.[Br-].[Mg+2].[Na+].[OH-].[c-]1ccccc1. The monoisotopic (exact) mass is 1090 g/mol. The molecule has 2 aliphatic rings. The van der Waals surface area contributed by atoms with E-state index in [1.807, 2.05) is 91.0 Å². The average molecular weight is 1100 g/mol. The van der Waals surface area contributed by atoms with Gasteiger partial charge in [-0.05, 0) is 111 Å². The number of alkyl halides is 1. The molecule has 2 aliphatic heterocycles. The molecule has 0 aliphatic carbocycles. The second-order valence-corrected chi connectivity index (χ2v) is 16.1. The second-order valence-electron chi connectivity index (χ2n) is 14.5. The van der Waals surface area contributed by atoms with Gasteiger partial charge in [-0.15, -0.1) is 24.0 Å². The van der Waals surface area contributed by atoms with Crippen molar-refractivity contribution in [2.75, 3.05) is 51.8 Å². The van der Waals surface area contributed by atoms with Crippen LogP contribution in [0.3, 0.4) is 0 Å². The maximum Gasteiger partial charge on any atom is 2.00 e. The summed E-state index contributed by atoms with van der Waals surface area (Å²) in [6.07, 6.45) is 4.40. The van der Waals surface area contributed by atoms with Crippen LogP contribution in [0.15, 0.2) is 164 Å². The van der Waals surface area contributed by atoms with Gasteiger partial charge < -0.3 is 42.1 Å². The quantitative estimate of drug-likeness (QED) is 0.0625. The molecule has 6 nitrogen and oxygen atoms in total. The van der Waals surface area contributed by atoms with Crippen molar-refractivity contribution >= 4 is 88.1 Å². The van der Waals surface area contributed by atoms with Crippen molar-refractivity contribution in [3.8, 4) is 0 Å². The summed E-state index contributed by atoms with van der Waals surface area (Å²) in [6, 6.07) is 51.4. The van der Waals surface area contributed by atoms with Crippen LogP contribution in [0.2, 0.25) is 15.1 Å². The molecule has 2 N–H and O–H groups in total. The summed E-state index contributed by atoms with van der Waals surface area (Å²) in [4.78, 5) is 15.2. The number of halogens is 6. The molecule has 0 saturated carbocycles.